The molecule has 198 valence electrons. The number of fused-ring (bicyclic) bond motifs is 1. The maximum absolute atomic E-state index is 13.8. The molecular weight excluding hydrogens is 506 g/mol. The van der Waals surface area contributed by atoms with Gasteiger partial charge in [-0.2, -0.15) is 0 Å². The smallest absolute Gasteiger partial charge is 0.325 e. The summed E-state index contributed by atoms with van der Waals surface area (Å²) in [6.45, 7) is 4.47. The van der Waals surface area contributed by atoms with Gasteiger partial charge in [-0.15, -0.1) is 0 Å². The van der Waals surface area contributed by atoms with Crippen LogP contribution in [0, 0.1) is 0 Å². The fourth-order valence-electron chi connectivity index (χ4n) is 4.28. The summed E-state index contributed by atoms with van der Waals surface area (Å²) in [6, 6.07) is 21.5. The second-order valence-corrected chi connectivity index (χ2v) is 9.31. The highest BCUT2D eigenvalue weighted by atomic mass is 35.5. The third-order valence-electron chi connectivity index (χ3n) is 6.22. The highest BCUT2D eigenvalue weighted by Gasteiger charge is 2.32. The molecule has 3 aromatic rings. The monoisotopic (exact) mass is 535 g/mol. The highest BCUT2D eigenvalue weighted by molar-refractivity contribution is 6.34. The summed E-state index contributed by atoms with van der Waals surface area (Å²) >= 11 is 6.56. The maximum Gasteiger partial charge on any atom is 0.325 e. The molecule has 1 aliphatic rings. The average Bonchev–Trinajstić information content (AvgIpc) is 3.07. The lowest BCUT2D eigenvalue weighted by molar-refractivity contribution is -0.141. The van der Waals surface area contributed by atoms with Crippen molar-refractivity contribution in [3.8, 4) is 5.75 Å². The van der Waals surface area contributed by atoms with Gasteiger partial charge < -0.3 is 24.6 Å². The second-order valence-electron chi connectivity index (χ2n) is 8.90. The van der Waals surface area contributed by atoms with Gasteiger partial charge in [-0.05, 0) is 49.2 Å². The van der Waals surface area contributed by atoms with E-state index in [-0.39, 0.29) is 43.2 Å². The van der Waals surface area contributed by atoms with Crippen LogP contribution in [0.5, 0.6) is 5.75 Å². The minimum absolute atomic E-state index is 0.228. The zero-order valence-corrected chi connectivity index (χ0v) is 22.1. The highest BCUT2D eigenvalue weighted by Crippen LogP contribution is 2.31. The number of urea groups is 1. The minimum Gasteiger partial charge on any atom is -0.489 e. The Morgan fingerprint density at radius 1 is 1.03 bits per heavy atom. The first-order valence-corrected chi connectivity index (χ1v) is 12.8. The van der Waals surface area contributed by atoms with E-state index < -0.39 is 12.0 Å². The largest absolute Gasteiger partial charge is 0.489 e. The van der Waals surface area contributed by atoms with Crippen LogP contribution in [0.3, 0.4) is 0 Å². The molecule has 3 aromatic carbocycles. The third-order valence-corrected chi connectivity index (χ3v) is 6.53. The summed E-state index contributed by atoms with van der Waals surface area (Å²) in [7, 11) is 0. The summed E-state index contributed by atoms with van der Waals surface area (Å²) in [5.74, 6) is -0.228. The molecule has 0 bridgehead atoms. The predicted molar refractivity (Wildman–Crippen MR) is 145 cm³/mol. The van der Waals surface area contributed by atoms with Gasteiger partial charge in [-0.1, -0.05) is 60.1 Å². The van der Waals surface area contributed by atoms with E-state index in [9.17, 15) is 14.4 Å². The molecule has 0 fully saturated rings. The molecule has 0 unspecified atom stereocenters. The van der Waals surface area contributed by atoms with Crippen LogP contribution in [0.1, 0.15) is 35.3 Å². The van der Waals surface area contributed by atoms with E-state index in [1.54, 1.807) is 34.9 Å². The van der Waals surface area contributed by atoms with Crippen LogP contribution in [0.25, 0.3) is 0 Å². The number of hydrogen-bond acceptors (Lipinski definition) is 5. The molecule has 0 spiro atoms. The lowest BCUT2D eigenvalue weighted by Gasteiger charge is -2.29. The average molecular weight is 536 g/mol. The fourth-order valence-corrected chi connectivity index (χ4v) is 4.53. The molecule has 0 aliphatic carbocycles. The van der Waals surface area contributed by atoms with Crippen LogP contribution >= 0.6 is 11.6 Å². The van der Waals surface area contributed by atoms with Gasteiger partial charge in [-0.3, -0.25) is 9.59 Å². The van der Waals surface area contributed by atoms with Gasteiger partial charge >= 0.3 is 12.0 Å². The zero-order valence-electron chi connectivity index (χ0n) is 21.4. The van der Waals surface area contributed by atoms with E-state index in [0.29, 0.717) is 23.6 Å². The van der Waals surface area contributed by atoms with Crippen LogP contribution in [0.4, 0.5) is 10.5 Å². The van der Waals surface area contributed by atoms with Crippen molar-refractivity contribution in [3.05, 3.63) is 94.5 Å². The summed E-state index contributed by atoms with van der Waals surface area (Å²) in [6.07, 6.45) is 0. The first-order chi connectivity index (χ1) is 18.4. The Balaban J connectivity index is 1.52. The Bertz CT molecular complexity index is 1300. The van der Waals surface area contributed by atoms with Crippen LogP contribution in [0.2, 0.25) is 5.02 Å². The number of hydrogen-bond donors (Lipinski definition) is 1. The van der Waals surface area contributed by atoms with E-state index in [0.717, 1.165) is 11.1 Å². The van der Waals surface area contributed by atoms with Crippen molar-refractivity contribution in [2.75, 3.05) is 24.6 Å². The van der Waals surface area contributed by atoms with Gasteiger partial charge in [0, 0.05) is 24.8 Å². The second kappa shape index (κ2) is 12.5. The molecule has 1 N–H and O–H groups in total. The molecular formula is C29H30ClN3O5. The summed E-state index contributed by atoms with van der Waals surface area (Å²) < 4.78 is 10.7. The number of amides is 3. The SMILES string of the molecule is CCOC(=O)CNC(=O)N1Cc2ccccc2N(C(=O)c2ccc(OCc3ccccc3)cc2Cl)C[C@H]1C. The molecule has 9 heteroatoms. The van der Waals surface area contributed by atoms with Crippen molar-refractivity contribution in [1.82, 2.24) is 10.2 Å². The number of halogens is 1. The number of esters is 1. The predicted octanol–water partition coefficient (Wildman–Crippen LogP) is 5.04. The lowest BCUT2D eigenvalue weighted by atomic mass is 10.1. The van der Waals surface area contributed by atoms with Crippen LogP contribution in [-0.4, -0.2) is 48.5 Å². The fraction of sp³-hybridized carbons (Fsp3) is 0.276. The van der Waals surface area contributed by atoms with Crippen molar-refractivity contribution in [2.24, 2.45) is 0 Å². The summed E-state index contributed by atoms with van der Waals surface area (Å²) in [5.41, 5.74) is 2.86. The molecule has 38 heavy (non-hydrogen) atoms. The molecule has 0 saturated heterocycles. The maximum atomic E-state index is 13.8. The minimum atomic E-state index is -0.508. The number of rotatable bonds is 7. The number of carbonyl (C=O) groups is 3. The van der Waals surface area contributed by atoms with Gasteiger partial charge in [0.25, 0.3) is 5.91 Å². The number of carbonyl (C=O) groups excluding carboxylic acids is 3. The summed E-state index contributed by atoms with van der Waals surface area (Å²) in [5, 5.41) is 2.89. The number of para-hydroxylation sites is 1. The van der Waals surface area contributed by atoms with Crippen molar-refractivity contribution in [3.63, 3.8) is 0 Å². The Hall–Kier alpha value is -4.04. The van der Waals surface area contributed by atoms with Gasteiger partial charge in [0.15, 0.2) is 0 Å². The van der Waals surface area contributed by atoms with Crippen LogP contribution < -0.4 is 15.0 Å². The van der Waals surface area contributed by atoms with Crippen molar-refractivity contribution >= 4 is 35.2 Å². The third kappa shape index (κ3) is 6.44. The Kier molecular flexibility index (Phi) is 8.86. The normalized spacial score (nSPS) is 14.8. The summed E-state index contributed by atoms with van der Waals surface area (Å²) in [4.78, 5) is 41.7. The van der Waals surface area contributed by atoms with E-state index in [4.69, 9.17) is 21.1 Å². The molecule has 0 aromatic heterocycles. The van der Waals surface area contributed by atoms with Crippen LogP contribution in [-0.2, 0) is 22.7 Å². The van der Waals surface area contributed by atoms with Crippen molar-refractivity contribution in [1.29, 1.82) is 0 Å². The quantitative estimate of drug-likeness (QED) is 0.428. The van der Waals surface area contributed by atoms with Gasteiger partial charge in [0.1, 0.15) is 18.9 Å². The molecule has 0 radical (unpaired) electrons. The van der Waals surface area contributed by atoms with Gasteiger partial charge in [-0.25, -0.2) is 4.79 Å². The molecule has 4 rings (SSSR count). The number of anilines is 1. The molecule has 0 saturated carbocycles. The first kappa shape index (κ1) is 27.0. The molecule has 1 atom stereocenters. The Labute approximate surface area is 227 Å². The van der Waals surface area contributed by atoms with Crippen LogP contribution in [0.15, 0.2) is 72.8 Å². The molecule has 3 amide bonds. The number of ether oxygens (including phenoxy) is 2. The van der Waals surface area contributed by atoms with Gasteiger partial charge in [0.05, 0.1) is 17.2 Å². The van der Waals surface area contributed by atoms with Gasteiger partial charge in [0.2, 0.25) is 0 Å². The zero-order chi connectivity index (χ0) is 27.1. The topological polar surface area (TPSA) is 88.2 Å². The van der Waals surface area contributed by atoms with E-state index >= 15 is 0 Å². The van der Waals surface area contributed by atoms with E-state index in [2.05, 4.69) is 5.32 Å². The first-order valence-electron chi connectivity index (χ1n) is 12.4. The molecule has 1 aliphatic heterocycles. The number of nitrogens with zero attached hydrogens (tertiary/aromatic N) is 2. The van der Waals surface area contributed by atoms with E-state index in [1.165, 1.54) is 0 Å². The Morgan fingerprint density at radius 2 is 1.76 bits per heavy atom. The molecule has 8 nitrogen and oxygen atoms in total. The van der Waals surface area contributed by atoms with E-state index in [1.807, 2.05) is 61.5 Å². The standard InChI is InChI=1S/C29H30ClN3O5/c1-3-37-27(34)16-31-29(36)32-18-22-11-7-8-12-26(22)33(17-20(32)2)28(35)24-14-13-23(15-25(24)30)38-19-21-9-5-4-6-10-21/h4-15,20H,3,16-19H2,1-2H3,(H,31,36)/t20-/m1/s1. The lowest BCUT2D eigenvalue weighted by Crippen LogP contribution is -2.49. The van der Waals surface area contributed by atoms with Crippen molar-refractivity contribution < 1.29 is 23.9 Å². The molecule has 1 heterocycles. The number of benzene rings is 3. The van der Waals surface area contributed by atoms with Crippen molar-refractivity contribution in [2.45, 2.75) is 33.0 Å². The Morgan fingerprint density at radius 3 is 2.50 bits per heavy atom. The number of nitrogens with one attached hydrogen (secondary N) is 1.